The van der Waals surface area contributed by atoms with Crippen LogP contribution in [0.4, 0.5) is 10.1 Å². The number of halogens is 1. The van der Waals surface area contributed by atoms with Gasteiger partial charge in [-0.05, 0) is 74.7 Å². The van der Waals surface area contributed by atoms with E-state index in [1.807, 2.05) is 25.1 Å². The van der Waals surface area contributed by atoms with Crippen molar-refractivity contribution in [1.82, 2.24) is 9.78 Å². The van der Waals surface area contributed by atoms with E-state index in [1.165, 1.54) is 25.1 Å². The highest BCUT2D eigenvalue weighted by Crippen LogP contribution is 2.21. The zero-order valence-corrected chi connectivity index (χ0v) is 17.9. The summed E-state index contributed by atoms with van der Waals surface area (Å²) in [6.07, 6.45) is 0.311. The number of hydrogen-bond donors (Lipinski definition) is 1. The number of amides is 1. The fourth-order valence-corrected chi connectivity index (χ4v) is 3.31. The van der Waals surface area contributed by atoms with Gasteiger partial charge >= 0.3 is 0 Å². The van der Waals surface area contributed by atoms with Crippen molar-refractivity contribution in [2.24, 2.45) is 0 Å². The molecule has 160 valence electrons. The largest absolute Gasteiger partial charge is 0.324 e. The van der Waals surface area contributed by atoms with Gasteiger partial charge in [-0.15, -0.1) is 0 Å². The number of benzene rings is 2. The fourth-order valence-electron chi connectivity index (χ4n) is 3.31. The first-order valence-electron chi connectivity index (χ1n) is 9.91. The quantitative estimate of drug-likeness (QED) is 0.652. The van der Waals surface area contributed by atoms with Crippen LogP contribution < -0.4 is 10.9 Å². The number of anilines is 1. The van der Waals surface area contributed by atoms with Crippen molar-refractivity contribution in [3.8, 4) is 11.3 Å². The summed E-state index contributed by atoms with van der Waals surface area (Å²) in [5.41, 5.74) is 3.67. The molecule has 0 aliphatic heterocycles. The van der Waals surface area contributed by atoms with Gasteiger partial charge in [0, 0.05) is 23.7 Å². The van der Waals surface area contributed by atoms with Crippen molar-refractivity contribution in [3.63, 3.8) is 0 Å². The van der Waals surface area contributed by atoms with Crippen LogP contribution in [0.3, 0.4) is 0 Å². The number of carbonyl (C=O) groups is 2. The first kappa shape index (κ1) is 22.1. The molecule has 7 heteroatoms. The maximum Gasteiger partial charge on any atom is 0.267 e. The summed E-state index contributed by atoms with van der Waals surface area (Å²) in [5.74, 6) is -0.894. The van der Waals surface area contributed by atoms with Crippen LogP contribution in [0.2, 0.25) is 0 Å². The molecule has 0 radical (unpaired) electrons. The molecule has 1 N–H and O–H groups in total. The molecule has 1 aromatic heterocycles. The maximum absolute atomic E-state index is 13.6. The van der Waals surface area contributed by atoms with E-state index >= 15 is 0 Å². The molecule has 1 atom stereocenters. The molecule has 2 aromatic carbocycles. The Balaban J connectivity index is 1.91. The van der Waals surface area contributed by atoms with Crippen LogP contribution >= 0.6 is 0 Å². The number of nitrogens with zero attached hydrogens (tertiary/aromatic N) is 2. The van der Waals surface area contributed by atoms with Gasteiger partial charge in [-0.2, -0.15) is 5.10 Å². The minimum atomic E-state index is -0.918. The van der Waals surface area contributed by atoms with Gasteiger partial charge in [0.1, 0.15) is 17.6 Å². The second-order valence-corrected chi connectivity index (χ2v) is 7.70. The minimum absolute atomic E-state index is 0.0519. The number of rotatable bonds is 6. The van der Waals surface area contributed by atoms with Crippen molar-refractivity contribution in [1.29, 1.82) is 0 Å². The Morgan fingerprint density at radius 3 is 2.52 bits per heavy atom. The van der Waals surface area contributed by atoms with Crippen molar-refractivity contribution >= 4 is 17.4 Å². The second kappa shape index (κ2) is 9.04. The molecule has 0 aliphatic rings. The Labute approximate surface area is 179 Å². The Bertz CT molecular complexity index is 1200. The van der Waals surface area contributed by atoms with Crippen molar-refractivity contribution in [2.75, 3.05) is 5.32 Å². The van der Waals surface area contributed by atoms with Crippen LogP contribution in [0.15, 0.2) is 53.3 Å². The molecule has 0 aliphatic carbocycles. The number of aryl methyl sites for hydroxylation is 2. The lowest BCUT2D eigenvalue weighted by Crippen LogP contribution is -2.33. The summed E-state index contributed by atoms with van der Waals surface area (Å²) in [7, 11) is 0. The number of hydrogen-bond acceptors (Lipinski definition) is 4. The summed E-state index contributed by atoms with van der Waals surface area (Å²) in [6, 6.07) is 11.9. The van der Waals surface area contributed by atoms with E-state index in [2.05, 4.69) is 10.4 Å². The number of carbonyl (C=O) groups excluding carboxylic acids is 2. The molecule has 0 bridgehead atoms. The summed E-state index contributed by atoms with van der Waals surface area (Å²) in [4.78, 5) is 36.6. The molecule has 6 nitrogen and oxygen atoms in total. The van der Waals surface area contributed by atoms with E-state index in [0.29, 0.717) is 23.4 Å². The summed E-state index contributed by atoms with van der Waals surface area (Å²) in [5, 5.41) is 7.00. The summed E-state index contributed by atoms with van der Waals surface area (Å²) >= 11 is 0. The molecule has 3 aromatic rings. The SMILES string of the molecule is CC(=O)Cc1cc(-c2ccc(=O)n(C(C)C(=O)Nc3cc(C)cc(F)c3)n2)ccc1C. The van der Waals surface area contributed by atoms with Gasteiger partial charge in [-0.3, -0.25) is 14.4 Å². The van der Waals surface area contributed by atoms with Crippen LogP contribution in [0.25, 0.3) is 11.3 Å². The fraction of sp³-hybridized carbons (Fsp3) is 0.250. The number of aromatic nitrogens is 2. The monoisotopic (exact) mass is 421 g/mol. The Morgan fingerprint density at radius 2 is 1.84 bits per heavy atom. The smallest absolute Gasteiger partial charge is 0.267 e. The van der Waals surface area contributed by atoms with Crippen LogP contribution in [0, 0.1) is 19.7 Å². The third-order valence-electron chi connectivity index (χ3n) is 4.97. The van der Waals surface area contributed by atoms with Gasteiger partial charge in [0.15, 0.2) is 0 Å². The molecule has 1 heterocycles. The third-order valence-corrected chi connectivity index (χ3v) is 4.97. The normalized spacial score (nSPS) is 11.8. The van der Waals surface area contributed by atoms with Gasteiger partial charge < -0.3 is 5.32 Å². The van der Waals surface area contributed by atoms with Crippen LogP contribution in [0.5, 0.6) is 0 Å². The molecule has 3 rings (SSSR count). The molecule has 31 heavy (non-hydrogen) atoms. The van der Waals surface area contributed by atoms with E-state index in [1.54, 1.807) is 26.0 Å². The zero-order chi connectivity index (χ0) is 22.7. The van der Waals surface area contributed by atoms with Crippen molar-refractivity contribution in [3.05, 3.63) is 81.4 Å². The average molecular weight is 421 g/mol. The minimum Gasteiger partial charge on any atom is -0.324 e. The molecular weight excluding hydrogens is 397 g/mol. The molecule has 0 saturated carbocycles. The summed E-state index contributed by atoms with van der Waals surface area (Å²) in [6.45, 7) is 6.73. The molecular formula is C24H24FN3O3. The number of ketones is 1. The predicted octanol–water partition coefficient (Wildman–Crippen LogP) is 4.00. The molecule has 0 saturated heterocycles. The Kier molecular flexibility index (Phi) is 6.44. The highest BCUT2D eigenvalue weighted by Gasteiger charge is 2.19. The molecule has 0 spiro atoms. The van der Waals surface area contributed by atoms with Gasteiger partial charge in [-0.25, -0.2) is 9.07 Å². The topological polar surface area (TPSA) is 81.1 Å². The van der Waals surface area contributed by atoms with Gasteiger partial charge in [0.25, 0.3) is 5.56 Å². The Hall–Kier alpha value is -3.61. The van der Waals surface area contributed by atoms with Crippen LogP contribution in [0.1, 0.15) is 36.6 Å². The maximum atomic E-state index is 13.6. The lowest BCUT2D eigenvalue weighted by molar-refractivity contribution is -0.119. The second-order valence-electron chi connectivity index (χ2n) is 7.70. The highest BCUT2D eigenvalue weighted by molar-refractivity contribution is 5.93. The lowest BCUT2D eigenvalue weighted by Gasteiger charge is -2.16. The van der Waals surface area contributed by atoms with Crippen LogP contribution in [-0.2, 0) is 16.0 Å². The van der Waals surface area contributed by atoms with Crippen molar-refractivity contribution in [2.45, 2.75) is 40.2 Å². The van der Waals surface area contributed by atoms with Crippen molar-refractivity contribution < 1.29 is 14.0 Å². The van der Waals surface area contributed by atoms with Crippen LogP contribution in [-0.4, -0.2) is 21.5 Å². The molecule has 1 amide bonds. The van der Waals surface area contributed by atoms with Gasteiger partial charge in [0.05, 0.1) is 5.69 Å². The molecule has 1 unspecified atom stereocenters. The van der Waals surface area contributed by atoms with E-state index in [4.69, 9.17) is 0 Å². The number of nitrogens with one attached hydrogen (secondary N) is 1. The van der Waals surface area contributed by atoms with Gasteiger partial charge in [-0.1, -0.05) is 12.1 Å². The van der Waals surface area contributed by atoms with E-state index in [-0.39, 0.29) is 5.78 Å². The average Bonchev–Trinajstić information content (AvgIpc) is 2.68. The highest BCUT2D eigenvalue weighted by atomic mass is 19.1. The molecule has 0 fully saturated rings. The zero-order valence-electron chi connectivity index (χ0n) is 17.9. The number of Topliss-reactive ketones (excluding diaryl/α,β-unsaturated/α-hetero) is 1. The van der Waals surface area contributed by atoms with E-state index in [9.17, 15) is 18.8 Å². The third kappa shape index (κ3) is 5.31. The first-order valence-corrected chi connectivity index (χ1v) is 9.91. The van der Waals surface area contributed by atoms with Gasteiger partial charge in [0.2, 0.25) is 5.91 Å². The lowest BCUT2D eigenvalue weighted by atomic mass is 9.99. The first-order chi connectivity index (χ1) is 14.6. The van der Waals surface area contributed by atoms with E-state index < -0.39 is 23.3 Å². The summed E-state index contributed by atoms with van der Waals surface area (Å²) < 4.78 is 14.7. The van der Waals surface area contributed by atoms with E-state index in [0.717, 1.165) is 21.4 Å². The Morgan fingerprint density at radius 1 is 1.10 bits per heavy atom. The standard InChI is InChI=1S/C24H24FN3O3/c1-14-9-20(25)13-21(10-14)26-24(31)17(4)28-23(30)8-7-22(27-28)18-6-5-15(2)19(12-18)11-16(3)29/h5-10,12-13,17H,11H2,1-4H3,(H,26,31). The predicted molar refractivity (Wildman–Crippen MR) is 118 cm³/mol.